The zero-order valence-electron chi connectivity index (χ0n) is 25.1. The highest BCUT2D eigenvalue weighted by molar-refractivity contribution is 5.92. The quantitative estimate of drug-likeness (QED) is 0.184. The molecule has 1 fully saturated rings. The SMILES string of the molecule is CC1(C)CC[C@@H](Cn2c(Cc3cc(F)c(-c4cccc(OCc5ccc(C#N)cc5F)n4)cc3F)nc3ccc(C(=O)O)cc32)O1. The molecule has 2 aromatic heterocycles. The summed E-state index contributed by atoms with van der Waals surface area (Å²) in [5.74, 6) is -2.54. The molecule has 3 aromatic carbocycles. The molecule has 0 unspecified atom stereocenters. The van der Waals surface area contributed by atoms with Gasteiger partial charge >= 0.3 is 5.97 Å². The van der Waals surface area contributed by atoms with Crippen LogP contribution < -0.4 is 4.74 Å². The van der Waals surface area contributed by atoms with Gasteiger partial charge in [-0.15, -0.1) is 0 Å². The van der Waals surface area contributed by atoms with Crippen molar-refractivity contribution in [2.45, 2.75) is 58.0 Å². The molecule has 11 heteroatoms. The number of hydrogen-bond acceptors (Lipinski definition) is 6. The monoisotopic (exact) mass is 626 g/mol. The Labute approximate surface area is 262 Å². The first kappa shape index (κ1) is 30.8. The second-order valence-electron chi connectivity index (χ2n) is 11.9. The molecule has 0 amide bonds. The van der Waals surface area contributed by atoms with E-state index >= 15 is 8.78 Å². The summed E-state index contributed by atoms with van der Waals surface area (Å²) in [6.07, 6.45) is 1.44. The average Bonchev–Trinajstić information content (AvgIpc) is 3.55. The number of benzene rings is 3. The first-order valence-corrected chi connectivity index (χ1v) is 14.7. The standard InChI is InChI=1S/C35H29F3N4O4/c1-35(2)11-10-24(46-35)18-42-31-14-21(34(43)44)8-9-30(31)40-32(42)15-23-13-28(38)25(16-27(23)37)29-4-3-5-33(41-29)45-19-22-7-6-20(17-39)12-26(22)36/h3-9,12-14,16,24H,10-11,15,18-19H2,1-2H3,(H,43,44)/t24-/m0/s1. The molecule has 0 radical (unpaired) electrons. The predicted molar refractivity (Wildman–Crippen MR) is 163 cm³/mol. The van der Waals surface area contributed by atoms with E-state index in [0.717, 1.165) is 31.0 Å². The van der Waals surface area contributed by atoms with Crippen LogP contribution in [0.4, 0.5) is 13.2 Å². The van der Waals surface area contributed by atoms with Crippen molar-refractivity contribution >= 4 is 17.0 Å². The van der Waals surface area contributed by atoms with Gasteiger partial charge in [-0.1, -0.05) is 12.1 Å². The normalized spacial score (nSPS) is 15.6. The van der Waals surface area contributed by atoms with E-state index in [1.54, 1.807) is 12.1 Å². The van der Waals surface area contributed by atoms with Crippen LogP contribution in [0, 0.1) is 28.8 Å². The zero-order valence-corrected chi connectivity index (χ0v) is 25.1. The summed E-state index contributed by atoms with van der Waals surface area (Å²) in [7, 11) is 0. The lowest BCUT2D eigenvalue weighted by Crippen LogP contribution is -2.23. The Morgan fingerprint density at radius 3 is 2.57 bits per heavy atom. The second kappa shape index (κ2) is 12.3. The van der Waals surface area contributed by atoms with Crippen LogP contribution >= 0.6 is 0 Å². The molecule has 234 valence electrons. The number of ether oxygens (including phenoxy) is 2. The lowest BCUT2D eigenvalue weighted by molar-refractivity contribution is -0.0215. The first-order valence-electron chi connectivity index (χ1n) is 14.7. The maximum atomic E-state index is 15.6. The number of imidazole rings is 1. The summed E-state index contributed by atoms with van der Waals surface area (Å²) in [4.78, 5) is 20.6. The van der Waals surface area contributed by atoms with Crippen LogP contribution in [0.15, 0.2) is 66.7 Å². The molecule has 0 bridgehead atoms. The Hall–Kier alpha value is -5.21. The van der Waals surface area contributed by atoms with Gasteiger partial charge in [-0.05, 0) is 80.8 Å². The third kappa shape index (κ3) is 6.43. The molecule has 0 aliphatic carbocycles. The van der Waals surface area contributed by atoms with Crippen LogP contribution in [0.2, 0.25) is 0 Å². The second-order valence-corrected chi connectivity index (χ2v) is 11.9. The topological polar surface area (TPSA) is 110 Å². The third-order valence-electron chi connectivity index (χ3n) is 8.06. The number of rotatable bonds is 9. The Bertz CT molecular complexity index is 2020. The minimum atomic E-state index is -1.08. The fourth-order valence-corrected chi connectivity index (χ4v) is 5.68. The van der Waals surface area contributed by atoms with Gasteiger partial charge in [-0.3, -0.25) is 0 Å². The van der Waals surface area contributed by atoms with E-state index in [-0.39, 0.29) is 64.1 Å². The first-order chi connectivity index (χ1) is 22.0. The smallest absolute Gasteiger partial charge is 0.335 e. The van der Waals surface area contributed by atoms with Crippen LogP contribution in [0.3, 0.4) is 0 Å². The minimum absolute atomic E-state index is 0.0526. The molecular weight excluding hydrogens is 597 g/mol. The van der Waals surface area contributed by atoms with Gasteiger partial charge in [-0.25, -0.2) is 27.9 Å². The Morgan fingerprint density at radius 2 is 1.85 bits per heavy atom. The van der Waals surface area contributed by atoms with Crippen LogP contribution in [0.5, 0.6) is 5.88 Å². The van der Waals surface area contributed by atoms with E-state index in [9.17, 15) is 14.3 Å². The van der Waals surface area contributed by atoms with Gasteiger partial charge in [0.05, 0.1) is 52.2 Å². The van der Waals surface area contributed by atoms with Gasteiger partial charge in [0.1, 0.15) is 29.9 Å². The van der Waals surface area contributed by atoms with Crippen molar-refractivity contribution in [3.63, 3.8) is 0 Å². The van der Waals surface area contributed by atoms with Gasteiger partial charge in [0.25, 0.3) is 0 Å². The van der Waals surface area contributed by atoms with E-state index in [0.29, 0.717) is 23.4 Å². The molecule has 1 aliphatic heterocycles. The maximum Gasteiger partial charge on any atom is 0.335 e. The number of nitriles is 1. The van der Waals surface area contributed by atoms with Crippen LogP contribution in [0.1, 0.15) is 59.6 Å². The molecule has 0 saturated carbocycles. The third-order valence-corrected chi connectivity index (χ3v) is 8.06. The molecule has 46 heavy (non-hydrogen) atoms. The van der Waals surface area contributed by atoms with Crippen LogP contribution in [0.25, 0.3) is 22.3 Å². The molecule has 3 heterocycles. The Morgan fingerprint density at radius 1 is 1.04 bits per heavy atom. The number of carboxylic acids is 1. The van der Waals surface area contributed by atoms with Gasteiger partial charge in [-0.2, -0.15) is 5.26 Å². The molecule has 5 aromatic rings. The number of carboxylic acid groups (broad SMARTS) is 1. The van der Waals surface area contributed by atoms with Gasteiger partial charge in [0.15, 0.2) is 0 Å². The fraction of sp³-hybridized carbons (Fsp3) is 0.257. The molecule has 1 saturated heterocycles. The van der Waals surface area contributed by atoms with Gasteiger partial charge in [0.2, 0.25) is 5.88 Å². The van der Waals surface area contributed by atoms with Gasteiger partial charge < -0.3 is 19.1 Å². The lowest BCUT2D eigenvalue weighted by atomic mass is 10.0. The minimum Gasteiger partial charge on any atom is -0.478 e. The summed E-state index contributed by atoms with van der Waals surface area (Å²) in [6.45, 7) is 4.22. The van der Waals surface area contributed by atoms with E-state index in [1.165, 1.54) is 36.4 Å². The lowest BCUT2D eigenvalue weighted by Gasteiger charge is -2.20. The summed E-state index contributed by atoms with van der Waals surface area (Å²) in [5, 5.41) is 18.5. The zero-order chi connectivity index (χ0) is 32.6. The highest BCUT2D eigenvalue weighted by Gasteiger charge is 2.32. The summed E-state index contributed by atoms with van der Waals surface area (Å²) in [6, 6.07) is 17.2. The van der Waals surface area contributed by atoms with Crippen molar-refractivity contribution in [2.24, 2.45) is 0 Å². The summed E-state index contributed by atoms with van der Waals surface area (Å²) in [5.41, 5.74) is 1.39. The molecular formula is C35H29F3N4O4. The Balaban J connectivity index is 1.27. The fourth-order valence-electron chi connectivity index (χ4n) is 5.68. The number of aromatic carboxylic acids is 1. The number of hydrogen-bond donors (Lipinski definition) is 1. The average molecular weight is 627 g/mol. The van der Waals surface area contributed by atoms with Crippen molar-refractivity contribution in [3.05, 3.63) is 112 Å². The number of halogens is 3. The van der Waals surface area contributed by atoms with Crippen molar-refractivity contribution in [3.8, 4) is 23.2 Å². The van der Waals surface area contributed by atoms with Crippen molar-refractivity contribution in [1.29, 1.82) is 5.26 Å². The Kier molecular flexibility index (Phi) is 8.23. The molecule has 1 aliphatic rings. The molecule has 6 rings (SSSR count). The van der Waals surface area contributed by atoms with Gasteiger partial charge in [0, 0.05) is 23.6 Å². The molecule has 0 spiro atoms. The van der Waals surface area contributed by atoms with E-state index in [1.807, 2.05) is 24.5 Å². The number of pyridine rings is 1. The molecule has 1 atom stereocenters. The van der Waals surface area contributed by atoms with Crippen molar-refractivity contribution in [1.82, 2.24) is 14.5 Å². The van der Waals surface area contributed by atoms with Crippen LogP contribution in [-0.4, -0.2) is 37.3 Å². The number of fused-ring (bicyclic) bond motifs is 1. The summed E-state index contributed by atoms with van der Waals surface area (Å²) < 4.78 is 59.0. The van der Waals surface area contributed by atoms with E-state index in [4.69, 9.17) is 14.7 Å². The largest absolute Gasteiger partial charge is 0.478 e. The highest BCUT2D eigenvalue weighted by atomic mass is 19.1. The molecule has 1 N–H and O–H groups in total. The van der Waals surface area contributed by atoms with Crippen molar-refractivity contribution in [2.75, 3.05) is 0 Å². The number of aromatic nitrogens is 3. The summed E-state index contributed by atoms with van der Waals surface area (Å²) >= 11 is 0. The highest BCUT2D eigenvalue weighted by Crippen LogP contribution is 2.33. The maximum absolute atomic E-state index is 15.6. The van der Waals surface area contributed by atoms with E-state index < -0.39 is 23.4 Å². The van der Waals surface area contributed by atoms with Crippen molar-refractivity contribution < 1.29 is 32.5 Å². The number of carbonyl (C=O) groups is 1. The molecule has 8 nitrogen and oxygen atoms in total. The van der Waals surface area contributed by atoms with E-state index in [2.05, 4.69) is 9.97 Å². The number of nitrogens with zero attached hydrogens (tertiary/aromatic N) is 4. The van der Waals surface area contributed by atoms with Crippen LogP contribution in [-0.2, 0) is 24.3 Å². The predicted octanol–water partition coefficient (Wildman–Crippen LogP) is 7.21.